The largest absolute Gasteiger partial charge is 0.325 e. The Bertz CT molecular complexity index is 514. The number of pyridine rings is 1. The zero-order valence-corrected chi connectivity index (χ0v) is 10.8. The van der Waals surface area contributed by atoms with Gasteiger partial charge in [-0.1, -0.05) is 25.4 Å². The van der Waals surface area contributed by atoms with Crippen LogP contribution in [0, 0.1) is 0 Å². The van der Waals surface area contributed by atoms with Gasteiger partial charge in [0.2, 0.25) is 0 Å². The van der Waals surface area contributed by atoms with Crippen LogP contribution in [0.2, 0.25) is 5.15 Å². The van der Waals surface area contributed by atoms with Crippen molar-refractivity contribution in [3.63, 3.8) is 0 Å². The van der Waals surface area contributed by atoms with Gasteiger partial charge in [-0.2, -0.15) is 0 Å². The molecule has 0 aliphatic rings. The molecule has 0 aliphatic carbocycles. The first-order valence-electron chi connectivity index (χ1n) is 5.54. The molecule has 3 nitrogen and oxygen atoms in total. The van der Waals surface area contributed by atoms with Crippen molar-refractivity contribution in [1.82, 2.24) is 14.5 Å². The van der Waals surface area contributed by atoms with Crippen LogP contribution in [0.3, 0.4) is 0 Å². The highest BCUT2D eigenvalue weighted by Gasteiger charge is 2.17. The third kappa shape index (κ3) is 1.69. The zero-order valence-electron chi connectivity index (χ0n) is 10.0. The van der Waals surface area contributed by atoms with Crippen LogP contribution in [0.4, 0.5) is 0 Å². The van der Waals surface area contributed by atoms with E-state index in [2.05, 4.69) is 42.2 Å². The van der Waals surface area contributed by atoms with Gasteiger partial charge in [0.25, 0.3) is 0 Å². The normalized spacial score (nSPS) is 11.9. The molecule has 0 radical (unpaired) electrons. The monoisotopic (exact) mass is 237 g/mol. The highest BCUT2D eigenvalue weighted by atomic mass is 35.5. The predicted molar refractivity (Wildman–Crippen MR) is 67.0 cm³/mol. The Hall–Kier alpha value is -1.09. The van der Waals surface area contributed by atoms with E-state index in [9.17, 15) is 0 Å². The van der Waals surface area contributed by atoms with Gasteiger partial charge in [-0.25, -0.2) is 9.97 Å². The highest BCUT2D eigenvalue weighted by molar-refractivity contribution is 6.33. The highest BCUT2D eigenvalue weighted by Crippen LogP contribution is 2.28. The van der Waals surface area contributed by atoms with Crippen LogP contribution in [-0.2, 0) is 0 Å². The maximum absolute atomic E-state index is 6.06. The molecular weight excluding hydrogens is 222 g/mol. The van der Waals surface area contributed by atoms with E-state index >= 15 is 0 Å². The lowest BCUT2D eigenvalue weighted by Crippen LogP contribution is -2.07. The molecule has 16 heavy (non-hydrogen) atoms. The van der Waals surface area contributed by atoms with E-state index in [1.165, 1.54) is 0 Å². The Labute approximate surface area is 100 Å². The fraction of sp³-hybridized carbons (Fsp3) is 0.500. The van der Waals surface area contributed by atoms with Crippen molar-refractivity contribution >= 4 is 22.6 Å². The van der Waals surface area contributed by atoms with E-state index in [1.807, 2.05) is 6.07 Å². The van der Waals surface area contributed by atoms with E-state index in [0.717, 1.165) is 16.9 Å². The molecule has 0 saturated heterocycles. The van der Waals surface area contributed by atoms with Crippen LogP contribution in [0.15, 0.2) is 12.3 Å². The topological polar surface area (TPSA) is 30.7 Å². The zero-order chi connectivity index (χ0) is 11.9. The van der Waals surface area contributed by atoms with Gasteiger partial charge in [0, 0.05) is 18.2 Å². The Kier molecular flexibility index (Phi) is 2.89. The summed E-state index contributed by atoms with van der Waals surface area (Å²) in [7, 11) is 0. The Morgan fingerprint density at radius 1 is 1.25 bits per heavy atom. The molecule has 0 N–H and O–H groups in total. The number of fused-ring (bicyclic) bond motifs is 1. The second kappa shape index (κ2) is 4.06. The number of imidazole rings is 1. The second-order valence-electron chi connectivity index (χ2n) is 4.56. The Morgan fingerprint density at radius 3 is 2.50 bits per heavy atom. The molecule has 0 unspecified atom stereocenters. The summed E-state index contributed by atoms with van der Waals surface area (Å²) in [6, 6.07) is 2.35. The number of rotatable bonds is 2. The summed E-state index contributed by atoms with van der Waals surface area (Å²) in [5.74, 6) is 1.45. The number of nitrogens with zero attached hydrogens (tertiary/aromatic N) is 3. The van der Waals surface area contributed by atoms with Crippen LogP contribution in [0.5, 0.6) is 0 Å². The summed E-state index contributed by atoms with van der Waals surface area (Å²) in [5, 5.41) is 0.485. The molecule has 0 bridgehead atoms. The van der Waals surface area contributed by atoms with Gasteiger partial charge in [0.05, 0.1) is 5.52 Å². The van der Waals surface area contributed by atoms with Crippen molar-refractivity contribution in [3.8, 4) is 0 Å². The fourth-order valence-corrected chi connectivity index (χ4v) is 2.15. The maximum atomic E-state index is 6.06. The van der Waals surface area contributed by atoms with Gasteiger partial charge in [-0.15, -0.1) is 0 Å². The minimum absolute atomic E-state index is 0.376. The molecule has 2 aromatic heterocycles. The van der Waals surface area contributed by atoms with Crippen molar-refractivity contribution in [2.45, 2.75) is 39.7 Å². The lowest BCUT2D eigenvalue weighted by Gasteiger charge is -2.14. The molecule has 2 rings (SSSR count). The number of hydrogen-bond acceptors (Lipinski definition) is 2. The van der Waals surface area contributed by atoms with E-state index in [4.69, 9.17) is 11.6 Å². The van der Waals surface area contributed by atoms with Gasteiger partial charge >= 0.3 is 0 Å². The van der Waals surface area contributed by atoms with E-state index < -0.39 is 0 Å². The molecule has 4 heteroatoms. The first-order valence-corrected chi connectivity index (χ1v) is 5.92. The fourth-order valence-electron chi connectivity index (χ4n) is 1.96. The van der Waals surface area contributed by atoms with Crippen molar-refractivity contribution < 1.29 is 0 Å². The molecule has 0 aromatic carbocycles. The lowest BCUT2D eigenvalue weighted by atomic mass is 10.2. The van der Waals surface area contributed by atoms with Crippen molar-refractivity contribution in [3.05, 3.63) is 23.2 Å². The smallest absolute Gasteiger partial charge is 0.156 e. The third-order valence-electron chi connectivity index (χ3n) is 2.62. The maximum Gasteiger partial charge on any atom is 0.156 e. The summed E-state index contributed by atoms with van der Waals surface area (Å²) in [6.07, 6.45) is 1.73. The number of aromatic nitrogens is 3. The molecule has 0 aliphatic heterocycles. The SMILES string of the molecule is CC(C)c1nc2c(Cl)nccc2n1C(C)C. The molecule has 2 aromatic rings. The average Bonchev–Trinajstić information content (AvgIpc) is 2.58. The van der Waals surface area contributed by atoms with Crippen molar-refractivity contribution in [1.29, 1.82) is 0 Å². The van der Waals surface area contributed by atoms with Crippen molar-refractivity contribution in [2.24, 2.45) is 0 Å². The second-order valence-corrected chi connectivity index (χ2v) is 4.92. The van der Waals surface area contributed by atoms with E-state index in [-0.39, 0.29) is 0 Å². The van der Waals surface area contributed by atoms with Crippen LogP contribution >= 0.6 is 11.6 Å². The predicted octanol–water partition coefficient (Wildman–Crippen LogP) is 3.79. The lowest BCUT2D eigenvalue weighted by molar-refractivity contribution is 0.564. The quantitative estimate of drug-likeness (QED) is 0.744. The first kappa shape index (κ1) is 11.4. The van der Waals surface area contributed by atoms with Gasteiger partial charge in [0.15, 0.2) is 5.15 Å². The third-order valence-corrected chi connectivity index (χ3v) is 2.90. The van der Waals surface area contributed by atoms with Gasteiger partial charge in [0.1, 0.15) is 11.3 Å². The van der Waals surface area contributed by atoms with Crippen LogP contribution in [0.25, 0.3) is 11.0 Å². The van der Waals surface area contributed by atoms with E-state index in [1.54, 1.807) is 6.20 Å². The number of hydrogen-bond donors (Lipinski definition) is 0. The van der Waals surface area contributed by atoms with Gasteiger partial charge < -0.3 is 4.57 Å². The van der Waals surface area contributed by atoms with Gasteiger partial charge in [-0.3, -0.25) is 0 Å². The Balaban J connectivity index is 2.81. The Morgan fingerprint density at radius 2 is 1.94 bits per heavy atom. The summed E-state index contributed by atoms with van der Waals surface area (Å²) in [4.78, 5) is 8.67. The molecule has 0 amide bonds. The molecule has 86 valence electrons. The molecule has 0 atom stereocenters. The van der Waals surface area contributed by atoms with Gasteiger partial charge in [-0.05, 0) is 19.9 Å². The minimum atomic E-state index is 0.376. The minimum Gasteiger partial charge on any atom is -0.325 e. The summed E-state index contributed by atoms with van der Waals surface area (Å²) >= 11 is 6.06. The first-order chi connectivity index (χ1) is 7.52. The van der Waals surface area contributed by atoms with Crippen LogP contribution in [0.1, 0.15) is 45.5 Å². The summed E-state index contributed by atoms with van der Waals surface area (Å²) in [6.45, 7) is 8.59. The molecule has 0 spiro atoms. The average molecular weight is 238 g/mol. The molecular formula is C12H16ClN3. The molecule has 2 heterocycles. The summed E-state index contributed by atoms with van der Waals surface area (Å²) < 4.78 is 2.23. The van der Waals surface area contributed by atoms with E-state index in [0.29, 0.717) is 17.1 Å². The molecule has 0 saturated carbocycles. The number of halogens is 1. The summed E-state index contributed by atoms with van der Waals surface area (Å²) in [5.41, 5.74) is 1.88. The standard InChI is InChI=1S/C12H16ClN3/c1-7(2)12-15-10-9(16(12)8(3)4)5-6-14-11(10)13/h5-8H,1-4H3. The molecule has 0 fully saturated rings. The van der Waals surface area contributed by atoms with Crippen molar-refractivity contribution in [2.75, 3.05) is 0 Å². The van der Waals surface area contributed by atoms with Crippen LogP contribution < -0.4 is 0 Å². The van der Waals surface area contributed by atoms with Crippen LogP contribution in [-0.4, -0.2) is 14.5 Å².